The van der Waals surface area contributed by atoms with Crippen LogP contribution in [0.25, 0.3) is 0 Å². The third kappa shape index (κ3) is 3.71. The number of carbonyl (C=O) groups excluding carboxylic acids is 1. The number of hydrazone groups is 1. The molecule has 2 heterocycles. The summed E-state index contributed by atoms with van der Waals surface area (Å²) in [5.41, 5.74) is 2.73. The lowest BCUT2D eigenvalue weighted by Crippen LogP contribution is -2.43. The normalized spacial score (nSPS) is 14.8. The summed E-state index contributed by atoms with van der Waals surface area (Å²) in [5, 5.41) is 12.4. The van der Waals surface area contributed by atoms with E-state index < -0.39 is 0 Å². The number of carbonyl (C=O) groups is 1. The zero-order chi connectivity index (χ0) is 17.2. The van der Waals surface area contributed by atoms with Gasteiger partial charge in [-0.15, -0.1) is 11.3 Å². The van der Waals surface area contributed by atoms with Crippen molar-refractivity contribution in [1.29, 1.82) is 0 Å². The fraction of sp³-hybridized carbons (Fsp3) is 0.389. The van der Waals surface area contributed by atoms with Gasteiger partial charge in [-0.3, -0.25) is 10.1 Å². The van der Waals surface area contributed by atoms with Crippen molar-refractivity contribution in [3.63, 3.8) is 0 Å². The summed E-state index contributed by atoms with van der Waals surface area (Å²) < 4.78 is 0. The number of hydrogen-bond acceptors (Lipinski definition) is 5. The molecule has 1 aliphatic heterocycles. The molecule has 1 aromatic carbocycles. The summed E-state index contributed by atoms with van der Waals surface area (Å²) in [6.07, 6.45) is 0.796. The molecule has 3 rings (SSSR count). The second-order valence-corrected chi connectivity index (χ2v) is 7.31. The van der Waals surface area contributed by atoms with Gasteiger partial charge in [0.2, 0.25) is 0 Å². The Morgan fingerprint density at radius 3 is 2.75 bits per heavy atom. The van der Waals surface area contributed by atoms with E-state index in [1.54, 1.807) is 16.3 Å². The molecule has 126 valence electrons. The summed E-state index contributed by atoms with van der Waals surface area (Å²) in [5.74, 6) is -0.0118. The first-order valence-electron chi connectivity index (χ1n) is 8.06. The zero-order valence-electron chi connectivity index (χ0n) is 14.2. The fourth-order valence-electron chi connectivity index (χ4n) is 2.58. The molecule has 0 fully saturated rings. The number of aromatic nitrogens is 1. The van der Waals surface area contributed by atoms with Gasteiger partial charge in [0.25, 0.3) is 5.91 Å². The second kappa shape index (κ2) is 6.83. The Morgan fingerprint density at radius 2 is 2.08 bits per heavy atom. The van der Waals surface area contributed by atoms with Gasteiger partial charge in [0.05, 0.1) is 24.3 Å². The Labute approximate surface area is 146 Å². The van der Waals surface area contributed by atoms with Crippen LogP contribution in [-0.4, -0.2) is 34.7 Å². The van der Waals surface area contributed by atoms with Gasteiger partial charge in [0.15, 0.2) is 0 Å². The highest BCUT2D eigenvalue weighted by Crippen LogP contribution is 2.23. The molecule has 1 N–H and O–H groups in total. The molecule has 0 atom stereocenters. The van der Waals surface area contributed by atoms with E-state index in [9.17, 15) is 4.79 Å². The fourth-order valence-corrected chi connectivity index (χ4v) is 3.47. The van der Waals surface area contributed by atoms with Crippen LogP contribution in [-0.2, 0) is 10.3 Å². The molecular formula is C18H22N4OS. The smallest absolute Gasteiger partial charge is 0.256 e. The largest absolute Gasteiger partial charge is 0.297 e. The van der Waals surface area contributed by atoms with Crippen molar-refractivity contribution in [1.82, 2.24) is 15.3 Å². The summed E-state index contributed by atoms with van der Waals surface area (Å²) in [4.78, 5) is 17.0. The minimum absolute atomic E-state index is 0.0118. The van der Waals surface area contributed by atoms with Crippen molar-refractivity contribution in [2.45, 2.75) is 32.7 Å². The van der Waals surface area contributed by atoms with E-state index in [-0.39, 0.29) is 18.0 Å². The third-order valence-electron chi connectivity index (χ3n) is 4.03. The van der Waals surface area contributed by atoms with E-state index in [0.29, 0.717) is 6.54 Å². The van der Waals surface area contributed by atoms with Crippen LogP contribution < -0.4 is 5.32 Å². The molecule has 1 aromatic heterocycles. The van der Waals surface area contributed by atoms with Crippen LogP contribution in [0.3, 0.4) is 0 Å². The van der Waals surface area contributed by atoms with Crippen LogP contribution in [0.5, 0.6) is 0 Å². The molecule has 2 aromatic rings. The molecule has 0 radical (unpaired) electrons. The Bertz CT molecular complexity index is 751. The first-order valence-corrected chi connectivity index (χ1v) is 8.94. The lowest BCUT2D eigenvalue weighted by atomic mass is 10.1. The van der Waals surface area contributed by atoms with Gasteiger partial charge in [-0.1, -0.05) is 30.3 Å². The first-order chi connectivity index (χ1) is 11.5. The lowest BCUT2D eigenvalue weighted by Gasteiger charge is -2.24. The monoisotopic (exact) mass is 342 g/mol. The molecule has 0 saturated heterocycles. The lowest BCUT2D eigenvalue weighted by molar-refractivity contribution is -0.130. The minimum Gasteiger partial charge on any atom is -0.297 e. The van der Waals surface area contributed by atoms with E-state index in [1.165, 1.54) is 0 Å². The molecule has 24 heavy (non-hydrogen) atoms. The quantitative estimate of drug-likeness (QED) is 0.909. The molecule has 0 aliphatic carbocycles. The summed E-state index contributed by atoms with van der Waals surface area (Å²) in [6.45, 7) is 6.95. The highest BCUT2D eigenvalue weighted by Gasteiger charge is 2.27. The number of nitrogens with one attached hydrogen (secondary N) is 1. The van der Waals surface area contributed by atoms with Crippen LogP contribution in [0.4, 0.5) is 0 Å². The topological polar surface area (TPSA) is 57.6 Å². The average Bonchev–Trinajstić information content (AvgIpc) is 3.23. The van der Waals surface area contributed by atoms with E-state index in [4.69, 9.17) is 0 Å². The highest BCUT2D eigenvalue weighted by molar-refractivity contribution is 7.09. The van der Waals surface area contributed by atoms with Gasteiger partial charge in [-0.05, 0) is 26.3 Å². The van der Waals surface area contributed by atoms with Crippen LogP contribution in [0.2, 0.25) is 0 Å². The molecule has 0 spiro atoms. The molecule has 1 aliphatic rings. The number of amides is 1. The van der Waals surface area contributed by atoms with E-state index in [0.717, 1.165) is 28.4 Å². The molecule has 1 amide bonds. The maximum atomic E-state index is 12.4. The van der Waals surface area contributed by atoms with E-state index >= 15 is 0 Å². The Morgan fingerprint density at radius 1 is 1.33 bits per heavy atom. The summed E-state index contributed by atoms with van der Waals surface area (Å²) >= 11 is 1.61. The van der Waals surface area contributed by atoms with Gasteiger partial charge >= 0.3 is 0 Å². The van der Waals surface area contributed by atoms with Gasteiger partial charge in [0, 0.05) is 17.5 Å². The van der Waals surface area contributed by atoms with Crippen LogP contribution in [0.15, 0.2) is 40.8 Å². The summed E-state index contributed by atoms with van der Waals surface area (Å²) in [7, 11) is 0. The van der Waals surface area contributed by atoms with Gasteiger partial charge in [-0.25, -0.2) is 9.99 Å². The Kier molecular flexibility index (Phi) is 4.78. The van der Waals surface area contributed by atoms with Gasteiger partial charge < -0.3 is 0 Å². The maximum absolute atomic E-state index is 12.4. The second-order valence-electron chi connectivity index (χ2n) is 6.45. The Balaban J connectivity index is 1.61. The van der Waals surface area contributed by atoms with Gasteiger partial charge in [-0.2, -0.15) is 5.10 Å². The van der Waals surface area contributed by atoms with Crippen molar-refractivity contribution in [2.24, 2.45) is 5.10 Å². The molecule has 0 unspecified atom stereocenters. The van der Waals surface area contributed by atoms with Crippen molar-refractivity contribution >= 4 is 23.0 Å². The molecular weight excluding hydrogens is 320 g/mol. The maximum Gasteiger partial charge on any atom is 0.256 e. The SMILES string of the molecule is Cc1csc(C(C)(C)NCC(=O)N2CCC(c3ccccc3)=N2)n1. The molecule has 5 nitrogen and oxygen atoms in total. The van der Waals surface area contributed by atoms with Crippen LogP contribution in [0.1, 0.15) is 36.5 Å². The van der Waals surface area contributed by atoms with E-state index in [2.05, 4.69) is 15.4 Å². The first kappa shape index (κ1) is 16.8. The molecule has 0 bridgehead atoms. The number of benzene rings is 1. The molecule has 0 saturated carbocycles. The number of aryl methyl sites for hydroxylation is 1. The third-order valence-corrected chi connectivity index (χ3v) is 5.32. The highest BCUT2D eigenvalue weighted by atomic mass is 32.1. The minimum atomic E-state index is -0.333. The van der Waals surface area contributed by atoms with Crippen LogP contribution >= 0.6 is 11.3 Å². The van der Waals surface area contributed by atoms with E-state index in [1.807, 2.05) is 56.5 Å². The van der Waals surface area contributed by atoms with Crippen molar-refractivity contribution in [2.75, 3.05) is 13.1 Å². The van der Waals surface area contributed by atoms with Crippen molar-refractivity contribution in [3.05, 3.63) is 52.0 Å². The average molecular weight is 342 g/mol. The van der Waals surface area contributed by atoms with Crippen molar-refractivity contribution < 1.29 is 4.79 Å². The predicted molar refractivity (Wildman–Crippen MR) is 97.2 cm³/mol. The number of rotatable bonds is 5. The zero-order valence-corrected chi connectivity index (χ0v) is 15.1. The summed E-state index contributed by atoms with van der Waals surface area (Å²) in [6, 6.07) is 10.0. The number of thiazole rings is 1. The molecule has 6 heteroatoms. The number of nitrogens with zero attached hydrogens (tertiary/aromatic N) is 3. The van der Waals surface area contributed by atoms with Crippen LogP contribution in [0, 0.1) is 6.92 Å². The standard InChI is InChI=1S/C18H22N4OS/c1-13-12-24-17(20-13)18(2,3)19-11-16(23)22-10-9-15(21-22)14-7-5-4-6-8-14/h4-8,12,19H,9-11H2,1-3H3. The Hall–Kier alpha value is -2.05. The van der Waals surface area contributed by atoms with Gasteiger partial charge in [0.1, 0.15) is 5.01 Å². The predicted octanol–water partition coefficient (Wildman–Crippen LogP) is 2.91. The number of hydrogen-bond donors (Lipinski definition) is 1. The van der Waals surface area contributed by atoms with Crippen molar-refractivity contribution in [3.8, 4) is 0 Å².